The largest absolute Gasteiger partial charge is 0.301 e. The third kappa shape index (κ3) is 6.02. The molecule has 3 aromatic carbocycles. The van der Waals surface area contributed by atoms with Crippen LogP contribution >= 0.6 is 11.3 Å². The highest BCUT2D eigenvalue weighted by atomic mass is 32.1. The fourth-order valence-electron chi connectivity index (χ4n) is 3.80. The molecule has 0 radical (unpaired) electrons. The molecule has 1 aromatic heterocycles. The molecule has 0 spiro atoms. The number of hydrazone groups is 1. The van der Waals surface area contributed by atoms with Gasteiger partial charge in [0.1, 0.15) is 5.01 Å². The molecule has 0 aliphatic heterocycles. The second-order valence-corrected chi connectivity index (χ2v) is 9.12. The first-order valence-electron chi connectivity index (χ1n) is 11.5. The van der Waals surface area contributed by atoms with Crippen molar-refractivity contribution in [3.8, 4) is 0 Å². The highest BCUT2D eigenvalue weighted by Gasteiger charge is 2.11. The normalized spacial score (nSPS) is 11.3. The molecular weight excluding hydrogens is 446 g/mol. The predicted molar refractivity (Wildman–Crippen MR) is 138 cm³/mol. The fourth-order valence-corrected chi connectivity index (χ4v) is 4.56. The van der Waals surface area contributed by atoms with Crippen molar-refractivity contribution in [2.75, 3.05) is 5.32 Å². The molecule has 4 rings (SSSR count). The van der Waals surface area contributed by atoms with E-state index in [4.69, 9.17) is 0 Å². The van der Waals surface area contributed by atoms with E-state index in [0.717, 1.165) is 52.8 Å². The molecule has 4 aromatic rings. The van der Waals surface area contributed by atoms with Gasteiger partial charge in [0.15, 0.2) is 0 Å². The second-order valence-electron chi connectivity index (χ2n) is 8.06. The number of carbonyl (C=O) groups excluding carboxylic acids is 2. The zero-order valence-electron chi connectivity index (χ0n) is 19.1. The molecule has 0 unspecified atom stereocenters. The van der Waals surface area contributed by atoms with Gasteiger partial charge >= 0.3 is 0 Å². The Morgan fingerprint density at radius 2 is 1.65 bits per heavy atom. The van der Waals surface area contributed by atoms with Crippen molar-refractivity contribution in [3.63, 3.8) is 0 Å². The van der Waals surface area contributed by atoms with Gasteiger partial charge in [-0.3, -0.25) is 9.59 Å². The van der Waals surface area contributed by atoms with Crippen molar-refractivity contribution in [1.82, 2.24) is 15.6 Å². The van der Waals surface area contributed by atoms with Gasteiger partial charge in [-0.25, -0.2) is 5.43 Å². The van der Waals surface area contributed by atoms with Crippen LogP contribution in [0.25, 0.3) is 21.5 Å². The van der Waals surface area contributed by atoms with Crippen LogP contribution in [0.4, 0.5) is 5.13 Å². The van der Waals surface area contributed by atoms with Crippen LogP contribution in [0.1, 0.15) is 49.6 Å². The highest BCUT2D eigenvalue weighted by Crippen LogP contribution is 2.27. The van der Waals surface area contributed by atoms with Crippen LogP contribution in [0.2, 0.25) is 0 Å². The molecule has 0 fully saturated rings. The number of nitrogens with one attached hydrogen (secondary N) is 2. The molecule has 0 saturated carbocycles. The van der Waals surface area contributed by atoms with E-state index in [2.05, 4.69) is 51.2 Å². The number of hydrogen-bond acceptors (Lipinski definition) is 6. The van der Waals surface area contributed by atoms with Gasteiger partial charge in [0.2, 0.25) is 16.9 Å². The van der Waals surface area contributed by atoms with E-state index in [0.29, 0.717) is 16.6 Å². The number of anilines is 1. The van der Waals surface area contributed by atoms with Gasteiger partial charge in [0.25, 0.3) is 0 Å². The van der Waals surface area contributed by atoms with E-state index in [9.17, 15) is 9.59 Å². The maximum atomic E-state index is 12.4. The summed E-state index contributed by atoms with van der Waals surface area (Å²) in [6.45, 7) is 2.13. The second kappa shape index (κ2) is 11.5. The van der Waals surface area contributed by atoms with Crippen LogP contribution in [0.3, 0.4) is 0 Å². The van der Waals surface area contributed by atoms with Gasteiger partial charge in [0, 0.05) is 12.0 Å². The zero-order valence-corrected chi connectivity index (χ0v) is 19.9. The summed E-state index contributed by atoms with van der Waals surface area (Å²) in [5.74, 6) is -0.371. The Hall–Kier alpha value is -3.65. The molecule has 2 N–H and O–H groups in total. The summed E-state index contributed by atoms with van der Waals surface area (Å²) in [7, 11) is 0. The van der Waals surface area contributed by atoms with Gasteiger partial charge in [-0.15, -0.1) is 10.2 Å². The highest BCUT2D eigenvalue weighted by molar-refractivity contribution is 7.15. The monoisotopic (exact) mass is 473 g/mol. The Morgan fingerprint density at radius 1 is 0.941 bits per heavy atom. The summed E-state index contributed by atoms with van der Waals surface area (Å²) < 4.78 is 0. The maximum Gasteiger partial charge on any atom is 0.247 e. The Kier molecular flexibility index (Phi) is 7.93. The van der Waals surface area contributed by atoms with Crippen LogP contribution in [-0.2, 0) is 16.0 Å². The van der Waals surface area contributed by atoms with Crippen molar-refractivity contribution in [1.29, 1.82) is 0 Å². The molecule has 8 heteroatoms. The molecule has 2 amide bonds. The number of nitrogens with zero attached hydrogens (tertiary/aromatic N) is 3. The number of aromatic nitrogens is 2. The molecule has 174 valence electrons. The van der Waals surface area contributed by atoms with Crippen LogP contribution < -0.4 is 10.7 Å². The standard InChI is InChI=1S/C26H27N5O2S/c1-2-3-4-5-14-23(32)28-26-31-30-25(34-26)16-24(33)29-27-17-22-20-12-8-6-10-18(20)15-19-11-7-9-13-21(19)22/h6-13,15,17H,2-5,14,16H2,1H3,(H,29,33)(H,28,31,32)/b27-17-. The first-order valence-corrected chi connectivity index (χ1v) is 12.3. The third-order valence-corrected chi connectivity index (χ3v) is 6.32. The average molecular weight is 474 g/mol. The summed E-state index contributed by atoms with van der Waals surface area (Å²) in [4.78, 5) is 24.4. The molecule has 0 atom stereocenters. The Balaban J connectivity index is 1.36. The lowest BCUT2D eigenvalue weighted by Crippen LogP contribution is -2.19. The first-order chi connectivity index (χ1) is 16.6. The molecule has 0 saturated heterocycles. The zero-order chi connectivity index (χ0) is 23.8. The van der Waals surface area contributed by atoms with Gasteiger partial charge in [-0.1, -0.05) is 86.1 Å². The Morgan fingerprint density at radius 3 is 2.35 bits per heavy atom. The Labute approximate surface area is 202 Å². The number of rotatable bonds is 10. The minimum absolute atomic E-state index is 0.0393. The van der Waals surface area contributed by atoms with Gasteiger partial charge in [-0.2, -0.15) is 5.10 Å². The van der Waals surface area contributed by atoms with E-state index in [1.165, 1.54) is 11.3 Å². The minimum atomic E-state index is -0.297. The maximum absolute atomic E-state index is 12.4. The van der Waals surface area contributed by atoms with E-state index in [1.807, 2.05) is 36.4 Å². The van der Waals surface area contributed by atoms with E-state index >= 15 is 0 Å². The minimum Gasteiger partial charge on any atom is -0.301 e. The SMILES string of the molecule is CCCCCCC(=O)Nc1nnc(CC(=O)N/N=C\c2c3ccccc3cc3ccccc23)s1. The molecule has 0 bridgehead atoms. The van der Waals surface area contributed by atoms with Crippen molar-refractivity contribution < 1.29 is 9.59 Å². The summed E-state index contributed by atoms with van der Waals surface area (Å²) in [5, 5.41) is 20.2. The number of benzene rings is 3. The lowest BCUT2D eigenvalue weighted by atomic mass is 9.97. The topological polar surface area (TPSA) is 96.3 Å². The Bertz CT molecular complexity index is 1280. The smallest absolute Gasteiger partial charge is 0.247 e. The van der Waals surface area contributed by atoms with Crippen molar-refractivity contribution in [2.24, 2.45) is 5.10 Å². The summed E-state index contributed by atoms with van der Waals surface area (Å²) in [6, 6.07) is 18.4. The number of amides is 2. The van der Waals surface area contributed by atoms with Gasteiger partial charge in [-0.05, 0) is 34.0 Å². The third-order valence-electron chi connectivity index (χ3n) is 5.48. The van der Waals surface area contributed by atoms with Gasteiger partial charge in [0.05, 0.1) is 12.6 Å². The quantitative estimate of drug-likeness (QED) is 0.139. The lowest BCUT2D eigenvalue weighted by molar-refractivity contribution is -0.120. The molecular formula is C26H27N5O2S. The van der Waals surface area contributed by atoms with Crippen molar-refractivity contribution in [2.45, 2.75) is 45.4 Å². The van der Waals surface area contributed by atoms with Crippen LogP contribution in [0.5, 0.6) is 0 Å². The molecule has 0 aliphatic carbocycles. The molecule has 0 aliphatic rings. The first kappa shape index (κ1) is 23.5. The van der Waals surface area contributed by atoms with Crippen LogP contribution in [0, 0.1) is 0 Å². The number of carbonyl (C=O) groups is 2. The van der Waals surface area contributed by atoms with E-state index in [-0.39, 0.29) is 18.2 Å². The number of fused-ring (bicyclic) bond motifs is 2. The summed E-state index contributed by atoms with van der Waals surface area (Å²) >= 11 is 1.20. The molecule has 34 heavy (non-hydrogen) atoms. The summed E-state index contributed by atoms with van der Waals surface area (Å²) in [5.41, 5.74) is 3.53. The van der Waals surface area contributed by atoms with Gasteiger partial charge < -0.3 is 5.32 Å². The summed E-state index contributed by atoms with van der Waals surface area (Å²) in [6.07, 6.45) is 6.35. The number of unbranched alkanes of at least 4 members (excludes halogenated alkanes) is 3. The van der Waals surface area contributed by atoms with Crippen LogP contribution in [0.15, 0.2) is 59.7 Å². The predicted octanol–water partition coefficient (Wildman–Crippen LogP) is 5.45. The number of hydrogen-bond donors (Lipinski definition) is 2. The van der Waals surface area contributed by atoms with Crippen LogP contribution in [-0.4, -0.2) is 28.2 Å². The molecule has 7 nitrogen and oxygen atoms in total. The fraction of sp³-hybridized carbons (Fsp3) is 0.269. The van der Waals surface area contributed by atoms with Crippen molar-refractivity contribution in [3.05, 3.63) is 65.2 Å². The lowest BCUT2D eigenvalue weighted by Gasteiger charge is -2.07. The average Bonchev–Trinajstić information content (AvgIpc) is 3.27. The van der Waals surface area contributed by atoms with Crippen molar-refractivity contribution >= 4 is 56.0 Å². The van der Waals surface area contributed by atoms with E-state index < -0.39 is 0 Å². The molecule has 1 heterocycles. The van der Waals surface area contributed by atoms with E-state index in [1.54, 1.807) is 6.21 Å².